The first-order valence-corrected chi connectivity index (χ1v) is 10.5. The molecule has 2 fully saturated rings. The molecule has 3 unspecified atom stereocenters. The third kappa shape index (κ3) is 7.01. The van der Waals surface area contributed by atoms with Crippen LogP contribution in [0, 0.1) is 18.4 Å². The van der Waals surface area contributed by atoms with Crippen molar-refractivity contribution >= 4 is 0 Å². The van der Waals surface area contributed by atoms with Crippen molar-refractivity contribution < 1.29 is 9.47 Å². The number of hydrogen-bond acceptors (Lipinski definition) is 2. The van der Waals surface area contributed by atoms with Crippen molar-refractivity contribution in [3.05, 3.63) is 36.8 Å². The lowest BCUT2D eigenvalue weighted by Gasteiger charge is -2.18. The summed E-state index contributed by atoms with van der Waals surface area (Å²) in [5, 5.41) is 0. The highest BCUT2D eigenvalue weighted by Crippen LogP contribution is 2.29. The standard InChI is InChI=1S/C23H34O2/c1-2-5-13-21(12-4-1)24-19-9-11-20-10-8-16-23(18-17-20)25-22-14-6-3-7-15-22/h1,3,6-7,14,20-21,23H,2,4-5,8-13,16-19H2. The molecule has 2 radical (unpaired) electrons. The largest absolute Gasteiger partial charge is 0.490 e. The van der Waals surface area contributed by atoms with Crippen LogP contribution in [-0.2, 0) is 4.74 Å². The summed E-state index contributed by atoms with van der Waals surface area (Å²) in [7, 11) is 0. The molecule has 0 N–H and O–H groups in total. The molecule has 2 heteroatoms. The van der Waals surface area contributed by atoms with Crippen LogP contribution in [0.5, 0.6) is 5.75 Å². The summed E-state index contributed by atoms with van der Waals surface area (Å²) in [4.78, 5) is 0. The lowest BCUT2D eigenvalue weighted by Crippen LogP contribution is -2.15. The zero-order valence-electron chi connectivity index (χ0n) is 15.6. The monoisotopic (exact) mass is 342 g/mol. The Hall–Kier alpha value is -1.02. The van der Waals surface area contributed by atoms with Crippen molar-refractivity contribution in [1.82, 2.24) is 0 Å². The van der Waals surface area contributed by atoms with Crippen LogP contribution >= 0.6 is 0 Å². The van der Waals surface area contributed by atoms with Crippen LogP contribution in [0.4, 0.5) is 0 Å². The van der Waals surface area contributed by atoms with Gasteiger partial charge in [-0.3, -0.25) is 0 Å². The van der Waals surface area contributed by atoms with Gasteiger partial charge in [-0.1, -0.05) is 37.5 Å². The zero-order valence-corrected chi connectivity index (χ0v) is 15.6. The second-order valence-corrected chi connectivity index (χ2v) is 7.77. The van der Waals surface area contributed by atoms with E-state index in [0.717, 1.165) is 18.3 Å². The van der Waals surface area contributed by atoms with Crippen molar-refractivity contribution in [3.8, 4) is 5.75 Å². The van der Waals surface area contributed by atoms with Crippen LogP contribution < -0.4 is 4.74 Å². The topological polar surface area (TPSA) is 18.5 Å². The van der Waals surface area contributed by atoms with Gasteiger partial charge in [-0.2, -0.15) is 0 Å². The van der Waals surface area contributed by atoms with Gasteiger partial charge in [0, 0.05) is 12.7 Å². The van der Waals surface area contributed by atoms with E-state index >= 15 is 0 Å². The fourth-order valence-electron chi connectivity index (χ4n) is 4.25. The molecule has 2 saturated carbocycles. The molecule has 0 aliphatic heterocycles. The second kappa shape index (κ2) is 10.9. The lowest BCUT2D eigenvalue weighted by atomic mass is 9.95. The summed E-state index contributed by atoms with van der Waals surface area (Å²) in [6.07, 6.45) is 18.5. The Labute approximate surface area is 154 Å². The first-order valence-electron chi connectivity index (χ1n) is 10.5. The lowest BCUT2D eigenvalue weighted by molar-refractivity contribution is 0.0393. The van der Waals surface area contributed by atoms with E-state index in [9.17, 15) is 0 Å². The van der Waals surface area contributed by atoms with E-state index < -0.39 is 0 Å². The quantitative estimate of drug-likeness (QED) is 0.437. The Morgan fingerprint density at radius 2 is 1.88 bits per heavy atom. The second-order valence-electron chi connectivity index (χ2n) is 7.77. The molecule has 2 aliphatic carbocycles. The molecule has 25 heavy (non-hydrogen) atoms. The van der Waals surface area contributed by atoms with Crippen LogP contribution in [0.25, 0.3) is 0 Å². The van der Waals surface area contributed by atoms with Crippen molar-refractivity contribution in [2.24, 2.45) is 5.92 Å². The van der Waals surface area contributed by atoms with Crippen molar-refractivity contribution in [3.63, 3.8) is 0 Å². The predicted octanol–water partition coefficient (Wildman–Crippen LogP) is 6.15. The maximum atomic E-state index is 6.14. The first kappa shape index (κ1) is 18.8. The number of rotatable bonds is 7. The Morgan fingerprint density at radius 3 is 2.80 bits per heavy atom. The van der Waals surface area contributed by atoms with Gasteiger partial charge in [-0.15, -0.1) is 0 Å². The molecular weight excluding hydrogens is 308 g/mol. The van der Waals surface area contributed by atoms with Gasteiger partial charge < -0.3 is 9.47 Å². The van der Waals surface area contributed by atoms with E-state index in [1.807, 2.05) is 24.3 Å². The highest BCUT2D eigenvalue weighted by Gasteiger charge is 2.20. The minimum atomic E-state index is 0.377. The molecule has 0 spiro atoms. The summed E-state index contributed by atoms with van der Waals surface area (Å²) in [5.74, 6) is 1.76. The number of ether oxygens (including phenoxy) is 2. The third-order valence-corrected chi connectivity index (χ3v) is 5.75. The van der Waals surface area contributed by atoms with Crippen LogP contribution in [0.1, 0.15) is 77.0 Å². The molecule has 1 aromatic rings. The molecule has 0 amide bonds. The van der Waals surface area contributed by atoms with Gasteiger partial charge in [0.25, 0.3) is 0 Å². The van der Waals surface area contributed by atoms with E-state index in [1.54, 1.807) is 0 Å². The Kier molecular flexibility index (Phi) is 8.15. The van der Waals surface area contributed by atoms with Gasteiger partial charge in [-0.05, 0) is 76.2 Å². The van der Waals surface area contributed by atoms with E-state index in [-0.39, 0.29) is 0 Å². The van der Waals surface area contributed by atoms with Crippen molar-refractivity contribution in [2.45, 2.75) is 89.3 Å². The molecule has 0 saturated heterocycles. The minimum Gasteiger partial charge on any atom is -0.490 e. The fourth-order valence-corrected chi connectivity index (χ4v) is 4.25. The molecule has 3 atom stereocenters. The van der Waals surface area contributed by atoms with Gasteiger partial charge in [-0.25, -0.2) is 0 Å². The van der Waals surface area contributed by atoms with Crippen molar-refractivity contribution in [2.75, 3.05) is 6.61 Å². The fraction of sp³-hybridized carbons (Fsp3) is 0.696. The van der Waals surface area contributed by atoms with Crippen LogP contribution in [0.2, 0.25) is 0 Å². The minimum absolute atomic E-state index is 0.377. The van der Waals surface area contributed by atoms with E-state index in [4.69, 9.17) is 9.47 Å². The smallest absolute Gasteiger partial charge is 0.127 e. The molecule has 0 bridgehead atoms. The number of para-hydroxylation sites is 1. The summed E-state index contributed by atoms with van der Waals surface area (Å²) >= 11 is 0. The molecule has 2 nitrogen and oxygen atoms in total. The molecular formula is C23H34O2. The molecule has 1 aromatic carbocycles. The van der Waals surface area contributed by atoms with E-state index in [0.29, 0.717) is 12.2 Å². The van der Waals surface area contributed by atoms with Crippen LogP contribution in [0.15, 0.2) is 24.3 Å². The number of hydrogen-bond donors (Lipinski definition) is 0. The first-order chi connectivity index (χ1) is 12.4. The summed E-state index contributed by atoms with van der Waals surface area (Å²) in [6, 6.07) is 11.2. The Morgan fingerprint density at radius 1 is 0.920 bits per heavy atom. The van der Waals surface area contributed by atoms with Crippen LogP contribution in [0.3, 0.4) is 0 Å². The Bertz CT molecular complexity index is 450. The van der Waals surface area contributed by atoms with Gasteiger partial charge >= 0.3 is 0 Å². The normalized spacial score (nSPS) is 25.9. The van der Waals surface area contributed by atoms with Crippen LogP contribution in [-0.4, -0.2) is 18.8 Å². The summed E-state index contributed by atoms with van der Waals surface area (Å²) in [6.45, 7) is 0.958. The molecule has 0 heterocycles. The zero-order chi connectivity index (χ0) is 17.2. The molecule has 138 valence electrons. The summed E-state index contributed by atoms with van der Waals surface area (Å²) < 4.78 is 12.3. The highest BCUT2D eigenvalue weighted by atomic mass is 16.5. The average molecular weight is 343 g/mol. The maximum absolute atomic E-state index is 6.14. The average Bonchev–Trinajstić information content (AvgIpc) is 3.03. The maximum Gasteiger partial charge on any atom is 0.127 e. The van der Waals surface area contributed by atoms with Gasteiger partial charge in [0.05, 0.1) is 12.2 Å². The SMILES string of the molecule is [c]1ccccc1OC1CCCC(CCCOC2CC[CH]CCC2)CC1. The van der Waals surface area contributed by atoms with Gasteiger partial charge in [0.1, 0.15) is 5.75 Å². The van der Waals surface area contributed by atoms with E-state index in [2.05, 4.69) is 12.5 Å². The van der Waals surface area contributed by atoms with Gasteiger partial charge in [0.15, 0.2) is 0 Å². The predicted molar refractivity (Wildman–Crippen MR) is 103 cm³/mol. The highest BCUT2D eigenvalue weighted by molar-refractivity contribution is 5.19. The number of benzene rings is 1. The molecule has 0 aromatic heterocycles. The summed E-state index contributed by atoms with van der Waals surface area (Å²) in [5.41, 5.74) is 0. The third-order valence-electron chi connectivity index (χ3n) is 5.75. The van der Waals surface area contributed by atoms with E-state index in [1.165, 1.54) is 77.0 Å². The van der Waals surface area contributed by atoms with Gasteiger partial charge in [0.2, 0.25) is 0 Å². The van der Waals surface area contributed by atoms with Crippen molar-refractivity contribution in [1.29, 1.82) is 0 Å². The molecule has 3 rings (SSSR count). The Balaban J connectivity index is 1.30. The molecule has 2 aliphatic rings.